The van der Waals surface area contributed by atoms with Crippen molar-refractivity contribution in [3.63, 3.8) is 0 Å². The smallest absolute Gasteiger partial charge is 0.118 e. The molecule has 5 heteroatoms. The number of benzene rings is 1. The maximum atomic E-state index is 5.29. The van der Waals surface area contributed by atoms with Crippen LogP contribution in [0.15, 0.2) is 43.0 Å². The Kier molecular flexibility index (Phi) is 6.17. The molecular formula is C19H26N2OS2. The van der Waals surface area contributed by atoms with E-state index in [1.807, 2.05) is 12.5 Å². The number of aryl methyl sites for hydroxylation is 1. The summed E-state index contributed by atoms with van der Waals surface area (Å²) >= 11 is 4.34. The third-order valence-corrected chi connectivity index (χ3v) is 8.42. The molecule has 0 amide bonds. The molecule has 3 rings (SSSR count). The first kappa shape index (κ1) is 17.7. The Balaban J connectivity index is 1.70. The highest BCUT2D eigenvalue weighted by Crippen LogP contribution is 2.49. The molecule has 0 aliphatic carbocycles. The first-order valence-electron chi connectivity index (χ1n) is 8.59. The van der Waals surface area contributed by atoms with E-state index in [9.17, 15) is 0 Å². The van der Waals surface area contributed by atoms with Gasteiger partial charge in [-0.2, -0.15) is 0 Å². The third-order valence-electron chi connectivity index (χ3n) is 4.68. The fourth-order valence-electron chi connectivity index (χ4n) is 2.97. The van der Waals surface area contributed by atoms with E-state index in [1.54, 1.807) is 7.11 Å². The largest absolute Gasteiger partial charge is 0.497 e. The number of hydrogen-bond donors (Lipinski definition) is 0. The molecule has 1 aliphatic heterocycles. The van der Waals surface area contributed by atoms with Crippen LogP contribution in [-0.2, 0) is 13.0 Å². The predicted molar refractivity (Wildman–Crippen MR) is 105 cm³/mol. The Morgan fingerprint density at radius 2 is 2.00 bits per heavy atom. The number of aromatic nitrogens is 2. The molecular weight excluding hydrogens is 336 g/mol. The zero-order valence-electron chi connectivity index (χ0n) is 14.5. The van der Waals surface area contributed by atoms with Gasteiger partial charge >= 0.3 is 0 Å². The normalized spacial score (nSPS) is 24.0. The average molecular weight is 363 g/mol. The van der Waals surface area contributed by atoms with Gasteiger partial charge in [0.2, 0.25) is 0 Å². The van der Waals surface area contributed by atoms with E-state index < -0.39 is 0 Å². The van der Waals surface area contributed by atoms with E-state index in [0.717, 1.165) is 24.6 Å². The van der Waals surface area contributed by atoms with Crippen molar-refractivity contribution in [2.45, 2.75) is 36.8 Å². The predicted octanol–water partition coefficient (Wildman–Crippen LogP) is 4.73. The molecule has 0 saturated carbocycles. The first-order chi connectivity index (χ1) is 11.7. The number of ether oxygens (including phenoxy) is 1. The molecule has 130 valence electrons. The second kappa shape index (κ2) is 8.34. The second-order valence-electron chi connectivity index (χ2n) is 6.38. The van der Waals surface area contributed by atoms with Crippen LogP contribution in [0, 0.1) is 5.92 Å². The van der Waals surface area contributed by atoms with E-state index >= 15 is 0 Å². The summed E-state index contributed by atoms with van der Waals surface area (Å²) in [5, 5.41) is 0. The monoisotopic (exact) mass is 362 g/mol. The number of rotatable bonds is 7. The van der Waals surface area contributed by atoms with E-state index in [0.29, 0.717) is 0 Å². The van der Waals surface area contributed by atoms with Crippen LogP contribution in [0.25, 0.3) is 0 Å². The number of hydrogen-bond acceptors (Lipinski definition) is 4. The van der Waals surface area contributed by atoms with Gasteiger partial charge in [0.15, 0.2) is 0 Å². The third kappa shape index (κ3) is 4.51. The van der Waals surface area contributed by atoms with E-state index in [-0.39, 0.29) is 4.08 Å². The molecule has 0 bridgehead atoms. The summed E-state index contributed by atoms with van der Waals surface area (Å²) in [6.45, 7) is 3.35. The fourth-order valence-corrected chi connectivity index (χ4v) is 6.66. The molecule has 24 heavy (non-hydrogen) atoms. The Labute approximate surface area is 153 Å². The second-order valence-corrected chi connectivity index (χ2v) is 9.45. The lowest BCUT2D eigenvalue weighted by Gasteiger charge is -2.39. The number of imidazole rings is 1. The Hall–Kier alpha value is -1.07. The van der Waals surface area contributed by atoms with Gasteiger partial charge in [-0.1, -0.05) is 25.5 Å². The lowest BCUT2D eigenvalue weighted by molar-refractivity contribution is 0.414. The van der Waals surface area contributed by atoms with Crippen molar-refractivity contribution >= 4 is 23.5 Å². The molecule has 1 aliphatic rings. The van der Waals surface area contributed by atoms with Crippen LogP contribution >= 0.6 is 23.5 Å². The minimum absolute atomic E-state index is 0.268. The Bertz CT molecular complexity index is 605. The maximum Gasteiger partial charge on any atom is 0.118 e. The molecule has 0 unspecified atom stereocenters. The van der Waals surface area contributed by atoms with Gasteiger partial charge in [-0.3, -0.25) is 0 Å². The van der Waals surface area contributed by atoms with Crippen molar-refractivity contribution in [3.8, 4) is 5.75 Å². The number of nitrogens with zero attached hydrogens (tertiary/aromatic N) is 2. The van der Waals surface area contributed by atoms with Gasteiger partial charge in [0.1, 0.15) is 5.75 Å². The maximum absolute atomic E-state index is 5.29. The zero-order valence-corrected chi connectivity index (χ0v) is 16.1. The molecule has 0 N–H and O–H groups in total. The summed E-state index contributed by atoms with van der Waals surface area (Å²) in [5.41, 5.74) is 1.40. The van der Waals surface area contributed by atoms with Crippen LogP contribution in [0.2, 0.25) is 0 Å². The van der Waals surface area contributed by atoms with Crippen LogP contribution in [0.1, 0.15) is 25.3 Å². The molecule has 1 fully saturated rings. The van der Waals surface area contributed by atoms with Gasteiger partial charge in [-0.25, -0.2) is 4.98 Å². The van der Waals surface area contributed by atoms with E-state index in [1.165, 1.54) is 29.9 Å². The summed E-state index contributed by atoms with van der Waals surface area (Å²) < 4.78 is 7.75. The highest BCUT2D eigenvalue weighted by Gasteiger charge is 2.36. The molecule has 2 aromatic rings. The van der Waals surface area contributed by atoms with Crippen molar-refractivity contribution in [1.82, 2.24) is 9.55 Å². The van der Waals surface area contributed by atoms with Gasteiger partial charge in [-0.05, 0) is 48.0 Å². The van der Waals surface area contributed by atoms with Crippen molar-refractivity contribution in [2.75, 3.05) is 18.6 Å². The van der Waals surface area contributed by atoms with Crippen LogP contribution < -0.4 is 4.74 Å². The van der Waals surface area contributed by atoms with Crippen molar-refractivity contribution in [2.24, 2.45) is 5.92 Å². The first-order valence-corrected chi connectivity index (χ1v) is 10.6. The van der Waals surface area contributed by atoms with Gasteiger partial charge in [-0.15, -0.1) is 23.5 Å². The van der Waals surface area contributed by atoms with Crippen LogP contribution in [0.3, 0.4) is 0 Å². The quantitative estimate of drug-likeness (QED) is 0.712. The van der Waals surface area contributed by atoms with Crippen LogP contribution in [0.5, 0.6) is 5.75 Å². The SMILES string of the molecule is CCC1CSC(CCn2ccnc2)(Cc2ccc(OC)cc2)SC1. The molecule has 1 saturated heterocycles. The summed E-state index contributed by atoms with van der Waals surface area (Å²) in [6.07, 6.45) is 9.42. The number of methoxy groups -OCH3 is 1. The summed E-state index contributed by atoms with van der Waals surface area (Å²) in [7, 11) is 1.72. The standard InChI is InChI=1S/C19H26N2OS2/c1-3-16-13-23-19(24-14-16,8-10-21-11-9-20-15-21)12-17-4-6-18(22-2)7-5-17/h4-7,9,11,15-16H,3,8,10,12-14H2,1-2H3. The van der Waals surface area contributed by atoms with E-state index in [2.05, 4.69) is 70.5 Å². The van der Waals surface area contributed by atoms with Gasteiger partial charge in [0, 0.05) is 18.9 Å². The summed E-state index contributed by atoms with van der Waals surface area (Å²) in [5.74, 6) is 4.35. The van der Waals surface area contributed by atoms with Gasteiger partial charge in [0.05, 0.1) is 17.5 Å². The van der Waals surface area contributed by atoms with Crippen LogP contribution in [-0.4, -0.2) is 32.2 Å². The van der Waals surface area contributed by atoms with Gasteiger partial charge in [0.25, 0.3) is 0 Å². The van der Waals surface area contributed by atoms with Crippen molar-refractivity contribution in [3.05, 3.63) is 48.5 Å². The van der Waals surface area contributed by atoms with Crippen molar-refractivity contribution in [1.29, 1.82) is 0 Å². The molecule has 2 heterocycles. The van der Waals surface area contributed by atoms with Gasteiger partial charge < -0.3 is 9.30 Å². The zero-order chi connectivity index (χ0) is 16.8. The minimum Gasteiger partial charge on any atom is -0.497 e. The summed E-state index contributed by atoms with van der Waals surface area (Å²) in [4.78, 5) is 4.17. The Morgan fingerprint density at radius 1 is 1.25 bits per heavy atom. The Morgan fingerprint density at radius 3 is 2.58 bits per heavy atom. The molecule has 3 nitrogen and oxygen atoms in total. The molecule has 0 atom stereocenters. The lowest BCUT2D eigenvalue weighted by atomic mass is 10.1. The van der Waals surface area contributed by atoms with E-state index in [4.69, 9.17) is 4.74 Å². The summed E-state index contributed by atoms with van der Waals surface area (Å²) in [6, 6.07) is 8.58. The highest BCUT2D eigenvalue weighted by atomic mass is 32.2. The molecule has 0 spiro atoms. The highest BCUT2D eigenvalue weighted by molar-refractivity contribution is 8.18. The minimum atomic E-state index is 0.268. The topological polar surface area (TPSA) is 27.1 Å². The molecule has 1 aromatic carbocycles. The number of thioether (sulfide) groups is 2. The molecule has 0 radical (unpaired) electrons. The fraction of sp³-hybridized carbons (Fsp3) is 0.526. The van der Waals surface area contributed by atoms with Crippen molar-refractivity contribution < 1.29 is 4.74 Å². The van der Waals surface area contributed by atoms with Crippen LogP contribution in [0.4, 0.5) is 0 Å². The molecule has 1 aromatic heterocycles. The lowest BCUT2D eigenvalue weighted by Crippen LogP contribution is -2.32. The average Bonchev–Trinajstić information content (AvgIpc) is 3.15.